The summed E-state index contributed by atoms with van der Waals surface area (Å²) < 4.78 is 0. The van der Waals surface area contributed by atoms with E-state index in [0.29, 0.717) is 17.4 Å². The van der Waals surface area contributed by atoms with E-state index in [1.807, 2.05) is 12.1 Å². The Kier molecular flexibility index (Phi) is 2.62. The lowest BCUT2D eigenvalue weighted by Crippen LogP contribution is -2.25. The molecule has 0 spiro atoms. The number of nitrogens with zero attached hydrogens (tertiary/aromatic N) is 2. The number of likely N-dealkylation sites (N-methyl/N-ethyl adjacent to an activating group) is 1. The highest BCUT2D eigenvalue weighted by atomic mass is 16.2. The molecular weight excluding hydrogens is 240 g/mol. The van der Waals surface area contributed by atoms with Crippen LogP contribution in [0.15, 0.2) is 18.2 Å². The standard InChI is InChI=1S/C15H18N2O2/c1-9-7-17(8-10(9)2)11-4-5-12-13(6-11)16(3)15(19)14(12)18/h4-6,9-10H,7-8H2,1-3H3. The van der Waals surface area contributed by atoms with Crippen molar-refractivity contribution in [2.24, 2.45) is 11.8 Å². The summed E-state index contributed by atoms with van der Waals surface area (Å²) in [7, 11) is 1.66. The topological polar surface area (TPSA) is 40.6 Å². The van der Waals surface area contributed by atoms with Gasteiger partial charge < -0.3 is 9.80 Å². The number of rotatable bonds is 1. The third kappa shape index (κ3) is 1.74. The van der Waals surface area contributed by atoms with Crippen molar-refractivity contribution in [2.45, 2.75) is 13.8 Å². The normalized spacial score (nSPS) is 26.3. The molecular formula is C15H18N2O2. The predicted octanol–water partition coefficient (Wildman–Crippen LogP) is 1.94. The molecule has 0 N–H and O–H groups in total. The van der Waals surface area contributed by atoms with E-state index < -0.39 is 11.7 Å². The van der Waals surface area contributed by atoms with Crippen molar-refractivity contribution in [1.82, 2.24) is 0 Å². The van der Waals surface area contributed by atoms with Crippen LogP contribution in [0.25, 0.3) is 0 Å². The molecule has 2 atom stereocenters. The van der Waals surface area contributed by atoms with Crippen molar-refractivity contribution >= 4 is 23.1 Å². The monoisotopic (exact) mass is 258 g/mol. The summed E-state index contributed by atoms with van der Waals surface area (Å²) in [4.78, 5) is 27.2. The van der Waals surface area contributed by atoms with Crippen LogP contribution < -0.4 is 9.80 Å². The van der Waals surface area contributed by atoms with Gasteiger partial charge in [-0.15, -0.1) is 0 Å². The summed E-state index contributed by atoms with van der Waals surface area (Å²) in [5.74, 6) is 0.519. The number of amides is 1. The Morgan fingerprint density at radius 2 is 1.74 bits per heavy atom. The molecule has 2 aliphatic rings. The Labute approximate surface area is 113 Å². The average molecular weight is 258 g/mol. The van der Waals surface area contributed by atoms with Gasteiger partial charge in [0, 0.05) is 25.8 Å². The van der Waals surface area contributed by atoms with E-state index in [2.05, 4.69) is 18.7 Å². The molecule has 4 heteroatoms. The van der Waals surface area contributed by atoms with Crippen LogP contribution in [0.2, 0.25) is 0 Å². The molecule has 2 heterocycles. The molecule has 0 bridgehead atoms. The van der Waals surface area contributed by atoms with E-state index in [0.717, 1.165) is 24.5 Å². The van der Waals surface area contributed by atoms with Crippen molar-refractivity contribution in [2.75, 3.05) is 29.9 Å². The number of anilines is 2. The minimum Gasteiger partial charge on any atom is -0.371 e. The second-order valence-corrected chi connectivity index (χ2v) is 5.75. The molecule has 3 rings (SSSR count). The number of Topliss-reactive ketones (excluding diaryl/α,β-unsaturated/α-hetero) is 1. The fourth-order valence-corrected chi connectivity index (χ4v) is 2.90. The van der Waals surface area contributed by atoms with E-state index in [1.165, 1.54) is 4.90 Å². The molecule has 0 aromatic heterocycles. The fourth-order valence-electron chi connectivity index (χ4n) is 2.90. The van der Waals surface area contributed by atoms with Crippen molar-refractivity contribution in [1.29, 1.82) is 0 Å². The average Bonchev–Trinajstić information content (AvgIpc) is 2.84. The zero-order valence-corrected chi connectivity index (χ0v) is 11.5. The first-order chi connectivity index (χ1) is 8.99. The summed E-state index contributed by atoms with van der Waals surface area (Å²) in [5, 5.41) is 0. The van der Waals surface area contributed by atoms with Crippen LogP contribution in [0.5, 0.6) is 0 Å². The minimum absolute atomic E-state index is 0.396. The van der Waals surface area contributed by atoms with E-state index in [4.69, 9.17) is 0 Å². The molecule has 1 saturated heterocycles. The third-order valence-electron chi connectivity index (χ3n) is 4.44. The number of ketones is 1. The number of hydrogen-bond acceptors (Lipinski definition) is 3. The lowest BCUT2D eigenvalue weighted by Gasteiger charge is -2.20. The van der Waals surface area contributed by atoms with Crippen LogP contribution in [-0.4, -0.2) is 31.8 Å². The van der Waals surface area contributed by atoms with Crippen molar-refractivity contribution in [3.8, 4) is 0 Å². The van der Waals surface area contributed by atoms with Gasteiger partial charge in [0.05, 0.1) is 11.3 Å². The SMILES string of the molecule is CC1CN(c2ccc3c(c2)N(C)C(=O)C3=O)CC1C. The molecule has 1 aromatic carbocycles. The van der Waals surface area contributed by atoms with Gasteiger partial charge in [-0.3, -0.25) is 9.59 Å². The molecule has 1 aromatic rings. The lowest BCUT2D eigenvalue weighted by molar-refractivity contribution is -0.114. The number of benzene rings is 1. The number of fused-ring (bicyclic) bond motifs is 1. The van der Waals surface area contributed by atoms with Gasteiger partial charge >= 0.3 is 0 Å². The Morgan fingerprint density at radius 3 is 2.37 bits per heavy atom. The Bertz CT molecular complexity index is 557. The smallest absolute Gasteiger partial charge is 0.299 e. The maximum atomic E-state index is 11.7. The molecule has 2 unspecified atom stereocenters. The number of carbonyl (C=O) groups is 2. The first kappa shape index (κ1) is 12.2. The zero-order chi connectivity index (χ0) is 13.7. The molecule has 0 radical (unpaired) electrons. The van der Waals surface area contributed by atoms with E-state index in [-0.39, 0.29) is 0 Å². The summed E-state index contributed by atoms with van der Waals surface area (Å²) >= 11 is 0. The van der Waals surface area contributed by atoms with Crippen molar-refractivity contribution < 1.29 is 9.59 Å². The number of carbonyl (C=O) groups excluding carboxylic acids is 2. The molecule has 2 aliphatic heterocycles. The maximum Gasteiger partial charge on any atom is 0.299 e. The summed E-state index contributed by atoms with van der Waals surface area (Å²) in [5.41, 5.74) is 2.36. The van der Waals surface area contributed by atoms with E-state index >= 15 is 0 Å². The van der Waals surface area contributed by atoms with Gasteiger partial charge in [-0.1, -0.05) is 13.8 Å². The van der Waals surface area contributed by atoms with Crippen LogP contribution in [-0.2, 0) is 4.79 Å². The molecule has 1 amide bonds. The Morgan fingerprint density at radius 1 is 1.11 bits per heavy atom. The molecule has 0 aliphatic carbocycles. The molecule has 0 saturated carbocycles. The highest BCUT2D eigenvalue weighted by Crippen LogP contribution is 2.34. The van der Waals surface area contributed by atoms with Crippen LogP contribution in [0.1, 0.15) is 24.2 Å². The van der Waals surface area contributed by atoms with E-state index in [9.17, 15) is 9.59 Å². The first-order valence-corrected chi connectivity index (χ1v) is 6.70. The molecule has 100 valence electrons. The Hall–Kier alpha value is -1.84. The first-order valence-electron chi connectivity index (χ1n) is 6.70. The van der Waals surface area contributed by atoms with E-state index in [1.54, 1.807) is 13.1 Å². The highest BCUT2D eigenvalue weighted by Gasteiger charge is 2.34. The summed E-state index contributed by atoms with van der Waals surface area (Å²) in [6.07, 6.45) is 0. The minimum atomic E-state index is -0.435. The molecule has 19 heavy (non-hydrogen) atoms. The summed E-state index contributed by atoms with van der Waals surface area (Å²) in [6, 6.07) is 5.69. The van der Waals surface area contributed by atoms with Gasteiger partial charge in [0.15, 0.2) is 0 Å². The van der Waals surface area contributed by atoms with Crippen molar-refractivity contribution in [3.63, 3.8) is 0 Å². The second-order valence-electron chi connectivity index (χ2n) is 5.75. The third-order valence-corrected chi connectivity index (χ3v) is 4.44. The van der Waals surface area contributed by atoms with Crippen molar-refractivity contribution in [3.05, 3.63) is 23.8 Å². The lowest BCUT2D eigenvalue weighted by atomic mass is 10.0. The van der Waals surface area contributed by atoms with Gasteiger partial charge in [-0.2, -0.15) is 0 Å². The predicted molar refractivity (Wildman–Crippen MR) is 74.7 cm³/mol. The van der Waals surface area contributed by atoms with Crippen LogP contribution in [0.4, 0.5) is 11.4 Å². The van der Waals surface area contributed by atoms with Crippen LogP contribution in [0.3, 0.4) is 0 Å². The largest absolute Gasteiger partial charge is 0.371 e. The van der Waals surface area contributed by atoms with Crippen LogP contribution in [0, 0.1) is 11.8 Å². The fraction of sp³-hybridized carbons (Fsp3) is 0.467. The van der Waals surface area contributed by atoms with Gasteiger partial charge in [0.2, 0.25) is 0 Å². The zero-order valence-electron chi connectivity index (χ0n) is 11.5. The highest BCUT2D eigenvalue weighted by molar-refractivity contribution is 6.52. The summed E-state index contributed by atoms with van der Waals surface area (Å²) in [6.45, 7) is 6.59. The Balaban J connectivity index is 1.96. The van der Waals surface area contributed by atoms with Crippen LogP contribution >= 0.6 is 0 Å². The molecule has 4 nitrogen and oxygen atoms in total. The maximum absolute atomic E-state index is 11.7. The van der Waals surface area contributed by atoms with Gasteiger partial charge in [-0.25, -0.2) is 0 Å². The quantitative estimate of drug-likeness (QED) is 0.723. The van der Waals surface area contributed by atoms with Gasteiger partial charge in [0.25, 0.3) is 11.7 Å². The van der Waals surface area contributed by atoms with Gasteiger partial charge in [-0.05, 0) is 30.0 Å². The van der Waals surface area contributed by atoms with Gasteiger partial charge in [0.1, 0.15) is 0 Å². The second kappa shape index (κ2) is 4.08. The number of hydrogen-bond donors (Lipinski definition) is 0. The molecule has 1 fully saturated rings.